The second kappa shape index (κ2) is 4.92. The van der Waals surface area contributed by atoms with E-state index in [1.807, 2.05) is 32.0 Å². The summed E-state index contributed by atoms with van der Waals surface area (Å²) in [5.74, 6) is -0.247. The van der Waals surface area contributed by atoms with Gasteiger partial charge in [0.25, 0.3) is 0 Å². The Morgan fingerprint density at radius 2 is 2.00 bits per heavy atom. The van der Waals surface area contributed by atoms with E-state index in [1.165, 1.54) is 12.5 Å². The quantitative estimate of drug-likeness (QED) is 0.768. The third kappa shape index (κ3) is 2.78. The van der Waals surface area contributed by atoms with E-state index in [-0.39, 0.29) is 12.0 Å². The molecule has 18 heavy (non-hydrogen) atoms. The van der Waals surface area contributed by atoms with E-state index in [4.69, 9.17) is 9.73 Å². The fourth-order valence-corrected chi connectivity index (χ4v) is 2.38. The van der Waals surface area contributed by atoms with Gasteiger partial charge in [0.15, 0.2) is 0 Å². The predicted octanol–water partition coefficient (Wildman–Crippen LogP) is 2.98. The molecule has 1 aromatic rings. The van der Waals surface area contributed by atoms with Crippen molar-refractivity contribution in [1.29, 1.82) is 0 Å². The first-order chi connectivity index (χ1) is 8.49. The minimum atomic E-state index is -0.525. The average molecular weight is 245 g/mol. The van der Waals surface area contributed by atoms with Crippen LogP contribution >= 0.6 is 0 Å². The Balaban J connectivity index is 2.15. The zero-order chi connectivity index (χ0) is 13.2. The molecule has 0 radical (unpaired) electrons. The molecule has 1 aromatic carbocycles. The molecule has 0 amide bonds. The molecule has 1 heterocycles. The van der Waals surface area contributed by atoms with E-state index in [9.17, 15) is 4.79 Å². The molecular weight excluding hydrogens is 226 g/mol. The topological polar surface area (TPSA) is 38.7 Å². The normalized spacial score (nSPS) is 19.5. The molecule has 0 spiro atoms. The van der Waals surface area contributed by atoms with Gasteiger partial charge in [-0.15, -0.1) is 0 Å². The lowest BCUT2D eigenvalue weighted by Crippen LogP contribution is -2.38. The number of rotatable bonds is 3. The Morgan fingerprint density at radius 3 is 2.61 bits per heavy atom. The van der Waals surface area contributed by atoms with Crippen molar-refractivity contribution in [3.8, 4) is 0 Å². The molecule has 3 nitrogen and oxygen atoms in total. The van der Waals surface area contributed by atoms with Crippen LogP contribution in [0.1, 0.15) is 39.2 Å². The van der Waals surface area contributed by atoms with Gasteiger partial charge in [0.2, 0.25) is 0 Å². The van der Waals surface area contributed by atoms with E-state index >= 15 is 0 Å². The number of hydrogen-bond acceptors (Lipinski definition) is 3. The zero-order valence-corrected chi connectivity index (χ0v) is 11.1. The lowest BCUT2D eigenvalue weighted by atomic mass is 9.96. The lowest BCUT2D eigenvalue weighted by molar-refractivity contribution is -0.155. The minimum Gasteiger partial charge on any atom is -0.458 e. The van der Waals surface area contributed by atoms with Gasteiger partial charge in [-0.05, 0) is 32.3 Å². The fourth-order valence-electron chi connectivity index (χ4n) is 2.38. The summed E-state index contributed by atoms with van der Waals surface area (Å²) in [4.78, 5) is 15.8. The Bertz CT molecular complexity index is 463. The Labute approximate surface area is 108 Å². The van der Waals surface area contributed by atoms with Crippen molar-refractivity contribution in [3.63, 3.8) is 0 Å². The van der Waals surface area contributed by atoms with Crippen LogP contribution in [-0.4, -0.2) is 23.3 Å². The highest BCUT2D eigenvalue weighted by molar-refractivity contribution is 6.01. The number of nitrogens with zero attached hydrogens (tertiary/aromatic N) is 1. The Kier molecular flexibility index (Phi) is 3.50. The molecule has 96 valence electrons. The number of carbonyl (C=O) groups is 1. The SMILES string of the molecule is CC(=O)OC(C)(C)C1CCC(c2ccccc2)=N1. The minimum absolute atomic E-state index is 0.0524. The highest BCUT2D eigenvalue weighted by Gasteiger charge is 2.35. The van der Waals surface area contributed by atoms with Crippen LogP contribution in [0, 0.1) is 0 Å². The molecule has 1 atom stereocenters. The number of carbonyl (C=O) groups excluding carboxylic acids is 1. The standard InChI is InChI=1S/C15H19NO2/c1-11(17)18-15(2,3)14-10-9-13(16-14)12-7-5-4-6-8-12/h4-8,14H,9-10H2,1-3H3. The number of ether oxygens (including phenoxy) is 1. The van der Waals surface area contributed by atoms with Crippen LogP contribution in [0.3, 0.4) is 0 Å². The summed E-state index contributed by atoms with van der Waals surface area (Å²) in [6, 6.07) is 10.2. The second-order valence-electron chi connectivity index (χ2n) is 5.19. The van der Waals surface area contributed by atoms with Crippen LogP contribution in [0.5, 0.6) is 0 Å². The van der Waals surface area contributed by atoms with Crippen molar-refractivity contribution in [2.75, 3.05) is 0 Å². The highest BCUT2D eigenvalue weighted by Crippen LogP contribution is 2.29. The van der Waals surface area contributed by atoms with Gasteiger partial charge in [0.1, 0.15) is 5.60 Å². The van der Waals surface area contributed by atoms with Crippen molar-refractivity contribution in [3.05, 3.63) is 35.9 Å². The molecule has 0 N–H and O–H groups in total. The summed E-state index contributed by atoms with van der Waals surface area (Å²) in [6.07, 6.45) is 1.88. The number of aliphatic imine (C=N–C) groups is 1. The first-order valence-electron chi connectivity index (χ1n) is 6.31. The summed E-state index contributed by atoms with van der Waals surface area (Å²) in [6.45, 7) is 5.30. The van der Waals surface area contributed by atoms with E-state index in [0.717, 1.165) is 18.6 Å². The van der Waals surface area contributed by atoms with Gasteiger partial charge in [-0.2, -0.15) is 0 Å². The Hall–Kier alpha value is -1.64. The molecule has 1 aliphatic rings. The van der Waals surface area contributed by atoms with Gasteiger partial charge >= 0.3 is 5.97 Å². The van der Waals surface area contributed by atoms with Crippen molar-refractivity contribution < 1.29 is 9.53 Å². The van der Waals surface area contributed by atoms with Crippen molar-refractivity contribution in [2.24, 2.45) is 4.99 Å². The molecule has 1 unspecified atom stereocenters. The van der Waals surface area contributed by atoms with Gasteiger partial charge in [-0.1, -0.05) is 30.3 Å². The highest BCUT2D eigenvalue weighted by atomic mass is 16.6. The molecule has 1 aliphatic heterocycles. The summed E-state index contributed by atoms with van der Waals surface area (Å²) in [5, 5.41) is 0. The second-order valence-corrected chi connectivity index (χ2v) is 5.19. The molecular formula is C15H19NO2. The van der Waals surface area contributed by atoms with Gasteiger partial charge in [0.05, 0.1) is 6.04 Å². The van der Waals surface area contributed by atoms with Gasteiger partial charge in [0, 0.05) is 12.6 Å². The number of esters is 1. The molecule has 0 saturated carbocycles. The van der Waals surface area contributed by atoms with Crippen LogP contribution in [0.2, 0.25) is 0 Å². The van der Waals surface area contributed by atoms with E-state index in [0.29, 0.717) is 0 Å². The van der Waals surface area contributed by atoms with Crippen LogP contribution in [0.4, 0.5) is 0 Å². The molecule has 3 heteroatoms. The van der Waals surface area contributed by atoms with Crippen LogP contribution < -0.4 is 0 Å². The number of hydrogen-bond donors (Lipinski definition) is 0. The van der Waals surface area contributed by atoms with Gasteiger partial charge < -0.3 is 4.74 Å². The van der Waals surface area contributed by atoms with Gasteiger partial charge in [-0.3, -0.25) is 9.79 Å². The first-order valence-corrected chi connectivity index (χ1v) is 6.31. The first kappa shape index (κ1) is 12.8. The van der Waals surface area contributed by atoms with Crippen LogP contribution in [0.25, 0.3) is 0 Å². The van der Waals surface area contributed by atoms with Gasteiger partial charge in [-0.25, -0.2) is 0 Å². The summed E-state index contributed by atoms with van der Waals surface area (Å²) >= 11 is 0. The molecule has 0 bridgehead atoms. The summed E-state index contributed by atoms with van der Waals surface area (Å²) in [7, 11) is 0. The van der Waals surface area contributed by atoms with Crippen LogP contribution in [-0.2, 0) is 9.53 Å². The third-order valence-electron chi connectivity index (χ3n) is 3.28. The summed E-state index contributed by atoms with van der Waals surface area (Å²) < 4.78 is 5.36. The maximum absolute atomic E-state index is 11.1. The van der Waals surface area contributed by atoms with Crippen LogP contribution in [0.15, 0.2) is 35.3 Å². The van der Waals surface area contributed by atoms with E-state index in [1.54, 1.807) is 0 Å². The van der Waals surface area contributed by atoms with E-state index in [2.05, 4.69) is 12.1 Å². The van der Waals surface area contributed by atoms with Crippen molar-refractivity contribution in [1.82, 2.24) is 0 Å². The molecule has 0 saturated heterocycles. The van der Waals surface area contributed by atoms with Crippen molar-refractivity contribution in [2.45, 2.75) is 45.3 Å². The Morgan fingerprint density at radius 1 is 1.33 bits per heavy atom. The lowest BCUT2D eigenvalue weighted by Gasteiger charge is -2.28. The smallest absolute Gasteiger partial charge is 0.303 e. The predicted molar refractivity (Wildman–Crippen MR) is 71.8 cm³/mol. The fraction of sp³-hybridized carbons (Fsp3) is 0.467. The molecule has 0 aliphatic carbocycles. The molecule has 0 aromatic heterocycles. The van der Waals surface area contributed by atoms with E-state index < -0.39 is 5.60 Å². The summed E-state index contributed by atoms with van der Waals surface area (Å²) in [5.41, 5.74) is 1.75. The maximum atomic E-state index is 11.1. The zero-order valence-electron chi connectivity index (χ0n) is 11.1. The number of benzene rings is 1. The largest absolute Gasteiger partial charge is 0.458 e. The average Bonchev–Trinajstić information content (AvgIpc) is 2.78. The maximum Gasteiger partial charge on any atom is 0.303 e. The molecule has 0 fully saturated rings. The van der Waals surface area contributed by atoms with Crippen molar-refractivity contribution >= 4 is 11.7 Å². The third-order valence-corrected chi connectivity index (χ3v) is 3.28. The monoisotopic (exact) mass is 245 g/mol. The molecule has 2 rings (SSSR count).